The lowest BCUT2D eigenvalue weighted by Crippen LogP contribution is -2.48. The molecule has 5 heteroatoms. The molecule has 1 saturated heterocycles. The van der Waals surface area contributed by atoms with E-state index in [4.69, 9.17) is 0 Å². The molecule has 1 aliphatic heterocycles. The molecule has 4 nitrogen and oxygen atoms in total. The molecule has 3 rings (SSSR count). The Morgan fingerprint density at radius 2 is 1.72 bits per heavy atom. The van der Waals surface area contributed by atoms with Crippen LogP contribution in [0.25, 0.3) is 0 Å². The zero-order valence-corrected chi connectivity index (χ0v) is 14.7. The maximum atomic E-state index is 13.9. The van der Waals surface area contributed by atoms with Gasteiger partial charge in [0.2, 0.25) is 0 Å². The van der Waals surface area contributed by atoms with Gasteiger partial charge in [-0.1, -0.05) is 18.2 Å². The van der Waals surface area contributed by atoms with Crippen molar-refractivity contribution in [2.24, 2.45) is 0 Å². The van der Waals surface area contributed by atoms with Crippen molar-refractivity contribution in [3.05, 3.63) is 59.9 Å². The molecule has 0 radical (unpaired) electrons. The summed E-state index contributed by atoms with van der Waals surface area (Å²) in [4.78, 5) is 16.6. The minimum atomic E-state index is -0.240. The van der Waals surface area contributed by atoms with Crippen molar-refractivity contribution in [1.29, 1.82) is 0 Å². The first kappa shape index (κ1) is 17.3. The average Bonchev–Trinajstić information content (AvgIpc) is 2.63. The third kappa shape index (κ3) is 4.10. The first-order chi connectivity index (χ1) is 12.0. The molecule has 132 valence electrons. The van der Waals surface area contributed by atoms with Crippen LogP contribution in [0, 0.1) is 5.82 Å². The molecule has 1 heterocycles. The molecule has 1 aliphatic rings. The Labute approximate surface area is 148 Å². The summed E-state index contributed by atoms with van der Waals surface area (Å²) >= 11 is 0. The van der Waals surface area contributed by atoms with E-state index in [0.29, 0.717) is 18.8 Å². The third-order valence-electron chi connectivity index (χ3n) is 4.35. The highest BCUT2D eigenvalue weighted by molar-refractivity contribution is 5.94. The molecule has 0 unspecified atom stereocenters. The molecule has 0 bridgehead atoms. The van der Waals surface area contributed by atoms with E-state index in [9.17, 15) is 9.18 Å². The molecule has 0 aliphatic carbocycles. The fraction of sp³-hybridized carbons (Fsp3) is 0.350. The lowest BCUT2D eigenvalue weighted by atomic mass is 10.1. The fourth-order valence-corrected chi connectivity index (χ4v) is 3.06. The molecule has 25 heavy (non-hydrogen) atoms. The average molecular weight is 341 g/mol. The van der Waals surface area contributed by atoms with E-state index in [1.165, 1.54) is 6.07 Å². The number of rotatable bonds is 4. The number of halogens is 1. The second-order valence-electron chi connectivity index (χ2n) is 6.61. The molecule has 1 fully saturated rings. The number of carbonyl (C=O) groups excluding carboxylic acids is 1. The van der Waals surface area contributed by atoms with Gasteiger partial charge in [0, 0.05) is 43.5 Å². The lowest BCUT2D eigenvalue weighted by molar-refractivity contribution is 0.0747. The summed E-state index contributed by atoms with van der Waals surface area (Å²) in [7, 11) is 0. The van der Waals surface area contributed by atoms with Gasteiger partial charge in [0.05, 0.1) is 5.69 Å². The van der Waals surface area contributed by atoms with Crippen LogP contribution < -0.4 is 10.2 Å². The van der Waals surface area contributed by atoms with Crippen LogP contribution in [0.4, 0.5) is 15.8 Å². The van der Waals surface area contributed by atoms with Gasteiger partial charge >= 0.3 is 0 Å². The van der Waals surface area contributed by atoms with E-state index in [0.717, 1.165) is 24.3 Å². The summed E-state index contributed by atoms with van der Waals surface area (Å²) in [6, 6.07) is 14.7. The number of benzene rings is 2. The highest BCUT2D eigenvalue weighted by atomic mass is 19.1. The van der Waals surface area contributed by atoms with E-state index < -0.39 is 0 Å². The van der Waals surface area contributed by atoms with Gasteiger partial charge in [0.15, 0.2) is 0 Å². The molecule has 0 spiro atoms. The summed E-state index contributed by atoms with van der Waals surface area (Å²) in [6.07, 6.45) is 0. The van der Waals surface area contributed by atoms with Gasteiger partial charge in [-0.2, -0.15) is 0 Å². The topological polar surface area (TPSA) is 35.6 Å². The zero-order chi connectivity index (χ0) is 17.8. The summed E-state index contributed by atoms with van der Waals surface area (Å²) < 4.78 is 13.9. The number of nitrogens with zero attached hydrogens (tertiary/aromatic N) is 2. The van der Waals surface area contributed by atoms with Crippen molar-refractivity contribution in [3.8, 4) is 0 Å². The Hall–Kier alpha value is -2.56. The number of hydrogen-bond donors (Lipinski definition) is 1. The van der Waals surface area contributed by atoms with Crippen LogP contribution >= 0.6 is 0 Å². The molecule has 1 amide bonds. The van der Waals surface area contributed by atoms with Gasteiger partial charge in [-0.05, 0) is 44.2 Å². The minimum absolute atomic E-state index is 0.0709. The monoisotopic (exact) mass is 341 g/mol. The predicted molar refractivity (Wildman–Crippen MR) is 99.7 cm³/mol. The quantitative estimate of drug-likeness (QED) is 0.923. The molecule has 0 atom stereocenters. The van der Waals surface area contributed by atoms with E-state index in [-0.39, 0.29) is 17.8 Å². The van der Waals surface area contributed by atoms with E-state index in [1.807, 2.05) is 55.1 Å². The summed E-state index contributed by atoms with van der Waals surface area (Å²) in [6.45, 7) is 6.78. The van der Waals surface area contributed by atoms with Crippen molar-refractivity contribution in [2.75, 3.05) is 36.4 Å². The van der Waals surface area contributed by atoms with Crippen LogP contribution in [0.5, 0.6) is 0 Å². The number of piperazine rings is 1. The van der Waals surface area contributed by atoms with Crippen molar-refractivity contribution in [3.63, 3.8) is 0 Å². The third-order valence-corrected chi connectivity index (χ3v) is 4.35. The van der Waals surface area contributed by atoms with E-state index in [1.54, 1.807) is 6.07 Å². The van der Waals surface area contributed by atoms with E-state index >= 15 is 0 Å². The number of amides is 1. The van der Waals surface area contributed by atoms with Gasteiger partial charge in [0.1, 0.15) is 5.82 Å². The SMILES string of the molecule is CC(C)Nc1cc(N2CCN(C(=O)c3ccccc3)CC2)ccc1F. The number of carbonyl (C=O) groups is 1. The molecule has 2 aromatic rings. The second-order valence-corrected chi connectivity index (χ2v) is 6.61. The maximum Gasteiger partial charge on any atom is 0.253 e. The lowest BCUT2D eigenvalue weighted by Gasteiger charge is -2.36. The van der Waals surface area contributed by atoms with Gasteiger partial charge in [-0.3, -0.25) is 4.79 Å². The Kier molecular flexibility index (Phi) is 5.22. The zero-order valence-electron chi connectivity index (χ0n) is 14.7. The minimum Gasteiger partial charge on any atom is -0.380 e. The largest absolute Gasteiger partial charge is 0.380 e. The van der Waals surface area contributed by atoms with Gasteiger partial charge in [-0.25, -0.2) is 4.39 Å². The first-order valence-electron chi connectivity index (χ1n) is 8.70. The predicted octanol–water partition coefficient (Wildman–Crippen LogP) is 3.61. The molecular weight excluding hydrogens is 317 g/mol. The second kappa shape index (κ2) is 7.55. The fourth-order valence-electron chi connectivity index (χ4n) is 3.06. The summed E-state index contributed by atoms with van der Waals surface area (Å²) in [5.74, 6) is -0.170. The Balaban J connectivity index is 1.65. The number of anilines is 2. The Morgan fingerprint density at radius 1 is 1.04 bits per heavy atom. The molecular formula is C20H24FN3O. The molecule has 0 saturated carbocycles. The van der Waals surface area contributed by atoms with Crippen LogP contribution in [0.15, 0.2) is 48.5 Å². The summed E-state index contributed by atoms with van der Waals surface area (Å²) in [5.41, 5.74) is 2.23. The standard InChI is InChI=1S/C20H24FN3O/c1-15(2)22-19-14-17(8-9-18(19)21)23-10-12-24(13-11-23)20(25)16-6-4-3-5-7-16/h3-9,14-15,22H,10-13H2,1-2H3. The molecule has 0 aromatic heterocycles. The van der Waals surface area contributed by atoms with Crippen LogP contribution in [0.1, 0.15) is 24.2 Å². The van der Waals surface area contributed by atoms with Gasteiger partial charge in [0.25, 0.3) is 5.91 Å². The van der Waals surface area contributed by atoms with Crippen LogP contribution in [-0.2, 0) is 0 Å². The van der Waals surface area contributed by atoms with Crippen LogP contribution in [0.2, 0.25) is 0 Å². The van der Waals surface area contributed by atoms with Crippen molar-refractivity contribution in [2.45, 2.75) is 19.9 Å². The first-order valence-corrected chi connectivity index (χ1v) is 8.70. The van der Waals surface area contributed by atoms with Gasteiger partial charge < -0.3 is 15.1 Å². The van der Waals surface area contributed by atoms with Crippen molar-refractivity contribution in [1.82, 2.24) is 4.90 Å². The highest BCUT2D eigenvalue weighted by Crippen LogP contribution is 2.24. The smallest absolute Gasteiger partial charge is 0.253 e. The normalized spacial score (nSPS) is 14.7. The summed E-state index contributed by atoms with van der Waals surface area (Å²) in [5, 5.41) is 3.13. The Morgan fingerprint density at radius 3 is 2.36 bits per heavy atom. The Bertz CT molecular complexity index is 725. The number of hydrogen-bond acceptors (Lipinski definition) is 3. The van der Waals surface area contributed by atoms with Crippen molar-refractivity contribution < 1.29 is 9.18 Å². The van der Waals surface area contributed by atoms with Gasteiger partial charge in [-0.15, -0.1) is 0 Å². The van der Waals surface area contributed by atoms with E-state index in [2.05, 4.69) is 10.2 Å². The highest BCUT2D eigenvalue weighted by Gasteiger charge is 2.22. The molecule has 2 aromatic carbocycles. The maximum absolute atomic E-state index is 13.9. The van der Waals surface area contributed by atoms with Crippen molar-refractivity contribution >= 4 is 17.3 Å². The number of nitrogens with one attached hydrogen (secondary N) is 1. The van der Waals surface area contributed by atoms with Crippen LogP contribution in [-0.4, -0.2) is 43.0 Å². The van der Waals surface area contributed by atoms with Crippen LogP contribution in [0.3, 0.4) is 0 Å². The molecule has 1 N–H and O–H groups in total.